The number of amides is 4. The lowest BCUT2D eigenvalue weighted by molar-refractivity contribution is -0.132. The Bertz CT molecular complexity index is 1340. The van der Waals surface area contributed by atoms with E-state index in [4.69, 9.17) is 0 Å². The van der Waals surface area contributed by atoms with Crippen LogP contribution in [0.15, 0.2) is 78.9 Å². The maximum absolute atomic E-state index is 14.4. The topological polar surface area (TPSA) is 116 Å². The van der Waals surface area contributed by atoms with Crippen LogP contribution in [0.5, 0.6) is 0 Å². The molecular weight excluding hydrogens is 523 g/mol. The van der Waals surface area contributed by atoms with Gasteiger partial charge in [0.25, 0.3) is 5.91 Å². The molecule has 216 valence electrons. The third kappa shape index (κ3) is 10.5. The fourth-order valence-corrected chi connectivity index (χ4v) is 4.12. The van der Waals surface area contributed by atoms with Gasteiger partial charge in [-0.15, -0.1) is 0 Å². The maximum atomic E-state index is 14.4. The molecule has 1 unspecified atom stereocenters. The first kappa shape index (κ1) is 31.0. The lowest BCUT2D eigenvalue weighted by Gasteiger charge is -2.23. The third-order valence-electron chi connectivity index (χ3n) is 6.07. The van der Waals surface area contributed by atoms with Gasteiger partial charge in [0.1, 0.15) is 11.9 Å². The van der Waals surface area contributed by atoms with Crippen LogP contribution in [0.25, 0.3) is 11.1 Å². The summed E-state index contributed by atoms with van der Waals surface area (Å²) in [4.78, 5) is 50.8. The standard InChI is InChI=1S/C32H37FN4O4/c1-32(2,3)37-29(39)21-27(36-28(38)17-14-22-10-6-4-7-11-22)31(41)35-19-18-34-30(40)25-20-24(15-16-26(25)33)23-12-8-5-9-13-23/h4-13,15-16,20,27H,14,17-19,21H2,1-3H3,(H,34,40)(H,35,41)(H,36,38)(H,37,39). The molecule has 4 N–H and O–H groups in total. The molecule has 0 bridgehead atoms. The number of benzene rings is 3. The molecule has 0 heterocycles. The highest BCUT2D eigenvalue weighted by Gasteiger charge is 2.25. The Morgan fingerprint density at radius 2 is 1.41 bits per heavy atom. The number of halogens is 1. The molecule has 0 aliphatic heterocycles. The zero-order valence-electron chi connectivity index (χ0n) is 23.6. The summed E-state index contributed by atoms with van der Waals surface area (Å²) in [5.74, 6) is -2.59. The third-order valence-corrected chi connectivity index (χ3v) is 6.07. The van der Waals surface area contributed by atoms with E-state index in [9.17, 15) is 23.6 Å². The molecule has 3 aromatic carbocycles. The molecule has 0 radical (unpaired) electrons. The van der Waals surface area contributed by atoms with Gasteiger partial charge in [-0.25, -0.2) is 4.39 Å². The van der Waals surface area contributed by atoms with E-state index in [0.717, 1.165) is 11.1 Å². The van der Waals surface area contributed by atoms with E-state index in [-0.39, 0.29) is 43.3 Å². The number of rotatable bonds is 12. The second-order valence-corrected chi connectivity index (χ2v) is 10.7. The Kier molecular flexibility index (Phi) is 11.1. The minimum atomic E-state index is -1.10. The molecule has 8 nitrogen and oxygen atoms in total. The van der Waals surface area contributed by atoms with E-state index in [2.05, 4.69) is 21.3 Å². The van der Waals surface area contributed by atoms with Gasteiger partial charge in [-0.1, -0.05) is 66.7 Å². The maximum Gasteiger partial charge on any atom is 0.254 e. The molecule has 0 fully saturated rings. The van der Waals surface area contributed by atoms with E-state index in [1.807, 2.05) is 81.4 Å². The number of carbonyl (C=O) groups is 4. The largest absolute Gasteiger partial charge is 0.353 e. The first-order valence-electron chi connectivity index (χ1n) is 13.6. The summed E-state index contributed by atoms with van der Waals surface area (Å²) in [6, 6.07) is 22.0. The number of hydrogen-bond donors (Lipinski definition) is 4. The van der Waals surface area contributed by atoms with Gasteiger partial charge in [0.15, 0.2) is 0 Å². The molecule has 3 rings (SSSR count). The van der Waals surface area contributed by atoms with E-state index in [1.54, 1.807) is 6.07 Å². The van der Waals surface area contributed by atoms with Crippen LogP contribution in [-0.4, -0.2) is 48.3 Å². The minimum absolute atomic E-state index is 0.0157. The van der Waals surface area contributed by atoms with Gasteiger partial charge < -0.3 is 21.3 Å². The quantitative estimate of drug-likeness (QED) is 0.253. The molecule has 0 saturated heterocycles. The van der Waals surface area contributed by atoms with Crippen molar-refractivity contribution in [1.29, 1.82) is 0 Å². The van der Waals surface area contributed by atoms with Crippen molar-refractivity contribution >= 4 is 23.6 Å². The molecule has 0 aliphatic rings. The van der Waals surface area contributed by atoms with Crippen molar-refractivity contribution in [3.63, 3.8) is 0 Å². The first-order chi connectivity index (χ1) is 19.5. The number of carbonyl (C=O) groups excluding carboxylic acids is 4. The Hall–Kier alpha value is -4.53. The van der Waals surface area contributed by atoms with Gasteiger partial charge in [-0.2, -0.15) is 0 Å². The van der Waals surface area contributed by atoms with Crippen LogP contribution in [0.2, 0.25) is 0 Å². The Morgan fingerprint density at radius 1 is 0.780 bits per heavy atom. The van der Waals surface area contributed by atoms with Crippen molar-refractivity contribution in [3.05, 3.63) is 95.8 Å². The fourth-order valence-electron chi connectivity index (χ4n) is 4.12. The van der Waals surface area contributed by atoms with Crippen LogP contribution in [-0.2, 0) is 20.8 Å². The Balaban J connectivity index is 1.55. The van der Waals surface area contributed by atoms with Gasteiger partial charge in [0.05, 0.1) is 12.0 Å². The monoisotopic (exact) mass is 560 g/mol. The molecule has 0 aromatic heterocycles. The van der Waals surface area contributed by atoms with E-state index in [0.29, 0.717) is 12.0 Å². The average Bonchev–Trinajstić information content (AvgIpc) is 2.94. The van der Waals surface area contributed by atoms with Gasteiger partial charge in [0, 0.05) is 25.0 Å². The summed E-state index contributed by atoms with van der Waals surface area (Å²) in [6.45, 7) is 5.49. The molecule has 0 aliphatic carbocycles. The van der Waals surface area contributed by atoms with Crippen LogP contribution in [0.4, 0.5) is 4.39 Å². The Morgan fingerprint density at radius 3 is 2.07 bits per heavy atom. The molecular formula is C32H37FN4O4. The normalized spacial score (nSPS) is 11.7. The van der Waals surface area contributed by atoms with Crippen molar-refractivity contribution in [2.75, 3.05) is 13.1 Å². The van der Waals surface area contributed by atoms with Crippen LogP contribution in [0.3, 0.4) is 0 Å². The van der Waals surface area contributed by atoms with Crippen molar-refractivity contribution in [2.45, 2.75) is 51.6 Å². The molecule has 41 heavy (non-hydrogen) atoms. The lowest BCUT2D eigenvalue weighted by atomic mass is 10.0. The lowest BCUT2D eigenvalue weighted by Crippen LogP contribution is -2.51. The summed E-state index contributed by atoms with van der Waals surface area (Å²) >= 11 is 0. The average molecular weight is 561 g/mol. The molecule has 0 spiro atoms. The minimum Gasteiger partial charge on any atom is -0.353 e. The zero-order valence-corrected chi connectivity index (χ0v) is 23.6. The number of hydrogen-bond acceptors (Lipinski definition) is 4. The van der Waals surface area contributed by atoms with Crippen molar-refractivity contribution < 1.29 is 23.6 Å². The van der Waals surface area contributed by atoms with Crippen LogP contribution in [0, 0.1) is 5.82 Å². The zero-order chi connectivity index (χ0) is 29.8. The predicted molar refractivity (Wildman–Crippen MR) is 156 cm³/mol. The van der Waals surface area contributed by atoms with Crippen molar-refractivity contribution in [2.24, 2.45) is 0 Å². The highest BCUT2D eigenvalue weighted by molar-refractivity contribution is 5.96. The highest BCUT2D eigenvalue weighted by Crippen LogP contribution is 2.22. The summed E-state index contributed by atoms with van der Waals surface area (Å²) in [5.41, 5.74) is 1.91. The smallest absolute Gasteiger partial charge is 0.254 e. The summed E-state index contributed by atoms with van der Waals surface area (Å²) in [5, 5.41) is 10.7. The SMILES string of the molecule is CC(C)(C)NC(=O)CC(NC(=O)CCc1ccccc1)C(=O)NCCNC(=O)c1cc(-c2ccccc2)ccc1F. The number of aryl methyl sites for hydroxylation is 1. The Labute approximate surface area is 240 Å². The molecule has 0 saturated carbocycles. The summed E-state index contributed by atoms with van der Waals surface area (Å²) in [7, 11) is 0. The van der Waals surface area contributed by atoms with Crippen molar-refractivity contribution in [1.82, 2.24) is 21.3 Å². The van der Waals surface area contributed by atoms with E-state index >= 15 is 0 Å². The van der Waals surface area contributed by atoms with Crippen LogP contribution >= 0.6 is 0 Å². The van der Waals surface area contributed by atoms with Crippen molar-refractivity contribution in [3.8, 4) is 11.1 Å². The van der Waals surface area contributed by atoms with Crippen LogP contribution in [0.1, 0.15) is 49.5 Å². The molecule has 4 amide bonds. The van der Waals surface area contributed by atoms with Gasteiger partial charge in [-0.3, -0.25) is 19.2 Å². The number of nitrogens with one attached hydrogen (secondary N) is 4. The first-order valence-corrected chi connectivity index (χ1v) is 13.6. The molecule has 9 heteroatoms. The molecule has 1 atom stereocenters. The summed E-state index contributed by atoms with van der Waals surface area (Å²) < 4.78 is 14.4. The van der Waals surface area contributed by atoms with Crippen LogP contribution < -0.4 is 21.3 Å². The summed E-state index contributed by atoms with van der Waals surface area (Å²) in [6.07, 6.45) is 0.394. The predicted octanol–water partition coefficient (Wildman–Crippen LogP) is 3.76. The van der Waals surface area contributed by atoms with Gasteiger partial charge in [0.2, 0.25) is 17.7 Å². The second kappa shape index (κ2) is 14.7. The highest BCUT2D eigenvalue weighted by atomic mass is 19.1. The fraction of sp³-hybridized carbons (Fsp3) is 0.312. The molecule has 3 aromatic rings. The van der Waals surface area contributed by atoms with Gasteiger partial charge >= 0.3 is 0 Å². The van der Waals surface area contributed by atoms with E-state index in [1.165, 1.54) is 12.1 Å². The second-order valence-electron chi connectivity index (χ2n) is 10.7. The van der Waals surface area contributed by atoms with Gasteiger partial charge in [-0.05, 0) is 56.0 Å². The van der Waals surface area contributed by atoms with E-state index < -0.39 is 29.2 Å².